The van der Waals surface area contributed by atoms with E-state index in [2.05, 4.69) is 55.4 Å². The lowest BCUT2D eigenvalue weighted by atomic mass is 9.69. The summed E-state index contributed by atoms with van der Waals surface area (Å²) < 4.78 is 0. The van der Waals surface area contributed by atoms with Crippen LogP contribution < -0.4 is 0 Å². The molecule has 2 fully saturated rings. The van der Waals surface area contributed by atoms with Crippen LogP contribution in [0.4, 0.5) is 4.79 Å². The van der Waals surface area contributed by atoms with Crippen LogP contribution in [-0.2, 0) is 9.68 Å². The van der Waals surface area contributed by atoms with Gasteiger partial charge in [-0.1, -0.05) is 27.7 Å². The van der Waals surface area contributed by atoms with Crippen LogP contribution in [0.15, 0.2) is 0 Å². The molecule has 2 heterocycles. The van der Waals surface area contributed by atoms with Crippen molar-refractivity contribution in [2.75, 3.05) is 13.1 Å². The average molecular weight is 341 g/mol. The summed E-state index contributed by atoms with van der Waals surface area (Å²) in [6.45, 7) is 18.9. The van der Waals surface area contributed by atoms with E-state index in [0.717, 1.165) is 38.8 Å². The first-order chi connectivity index (χ1) is 10.8. The van der Waals surface area contributed by atoms with Crippen molar-refractivity contribution >= 4 is 6.16 Å². The Balaban J connectivity index is 2.03. The predicted molar refractivity (Wildman–Crippen MR) is 95.2 cm³/mol. The van der Waals surface area contributed by atoms with Crippen LogP contribution in [0.3, 0.4) is 0 Å². The molecule has 0 aliphatic carbocycles. The van der Waals surface area contributed by atoms with Gasteiger partial charge in [0.1, 0.15) is 0 Å². The van der Waals surface area contributed by atoms with Crippen molar-refractivity contribution in [3.63, 3.8) is 0 Å². The van der Waals surface area contributed by atoms with Crippen LogP contribution in [0.1, 0.15) is 81.1 Å². The Bertz CT molecular complexity index is 441. The number of hydrogen-bond donors (Lipinski definition) is 0. The van der Waals surface area contributed by atoms with Gasteiger partial charge in [0.2, 0.25) is 0 Å². The fraction of sp³-hybridized carbons (Fsp3) is 0.947. The van der Waals surface area contributed by atoms with E-state index in [1.165, 1.54) is 0 Å². The number of hydroxylamine groups is 4. The van der Waals surface area contributed by atoms with Crippen molar-refractivity contribution in [3.8, 4) is 0 Å². The summed E-state index contributed by atoms with van der Waals surface area (Å²) in [4.78, 5) is 23.7. The van der Waals surface area contributed by atoms with Crippen LogP contribution in [0.25, 0.3) is 0 Å². The van der Waals surface area contributed by atoms with Gasteiger partial charge in [0.05, 0.1) is 11.1 Å². The van der Waals surface area contributed by atoms with E-state index in [-0.39, 0.29) is 21.9 Å². The molecule has 140 valence electrons. The number of piperidine rings is 2. The molecular formula is C19H36N2O3. The van der Waals surface area contributed by atoms with Crippen molar-refractivity contribution in [2.45, 2.75) is 92.2 Å². The summed E-state index contributed by atoms with van der Waals surface area (Å²) in [6.07, 6.45) is 3.68. The second kappa shape index (κ2) is 6.17. The zero-order valence-electron chi connectivity index (χ0n) is 16.9. The van der Waals surface area contributed by atoms with E-state index < -0.39 is 6.16 Å². The van der Waals surface area contributed by atoms with E-state index in [1.807, 2.05) is 0 Å². The summed E-state index contributed by atoms with van der Waals surface area (Å²) in [6, 6.07) is 0. The Morgan fingerprint density at radius 1 is 0.708 bits per heavy atom. The maximum atomic E-state index is 12.4. The molecule has 2 aliphatic rings. The van der Waals surface area contributed by atoms with Gasteiger partial charge in [-0.15, -0.1) is 10.1 Å². The van der Waals surface area contributed by atoms with E-state index in [0.29, 0.717) is 0 Å². The molecule has 2 aliphatic heterocycles. The van der Waals surface area contributed by atoms with Crippen molar-refractivity contribution in [1.29, 1.82) is 0 Å². The fourth-order valence-electron chi connectivity index (χ4n) is 3.69. The van der Waals surface area contributed by atoms with E-state index in [1.54, 1.807) is 10.1 Å². The summed E-state index contributed by atoms with van der Waals surface area (Å²) in [5.41, 5.74) is -0.280. The van der Waals surface area contributed by atoms with Gasteiger partial charge in [-0.3, -0.25) is 0 Å². The molecule has 24 heavy (non-hydrogen) atoms. The first-order valence-corrected chi connectivity index (χ1v) is 9.26. The summed E-state index contributed by atoms with van der Waals surface area (Å²) in [7, 11) is 0. The highest BCUT2D eigenvalue weighted by Gasteiger charge is 2.49. The standard InChI is InChI=1S/C19H36N2O3/c1-16(2)11-9-13-20(18(16,5)6)23-15(22)24-21-14-10-12-17(3,4)19(21,7)8/h9-14H2,1-8H3. The second-order valence-corrected chi connectivity index (χ2v) is 9.73. The molecule has 5 heteroatoms. The van der Waals surface area contributed by atoms with Gasteiger partial charge in [-0.05, 0) is 64.2 Å². The Kier molecular flexibility index (Phi) is 5.02. The maximum Gasteiger partial charge on any atom is 0.547 e. The van der Waals surface area contributed by atoms with Gasteiger partial charge in [0.25, 0.3) is 0 Å². The Morgan fingerprint density at radius 3 is 1.38 bits per heavy atom. The monoisotopic (exact) mass is 340 g/mol. The number of carbonyl (C=O) groups is 1. The maximum absolute atomic E-state index is 12.4. The van der Waals surface area contributed by atoms with Gasteiger partial charge in [0, 0.05) is 13.1 Å². The molecule has 0 spiro atoms. The topological polar surface area (TPSA) is 42.0 Å². The zero-order valence-corrected chi connectivity index (χ0v) is 16.9. The summed E-state index contributed by atoms with van der Waals surface area (Å²) >= 11 is 0. The van der Waals surface area contributed by atoms with Gasteiger partial charge >= 0.3 is 6.16 Å². The Morgan fingerprint density at radius 2 is 1.04 bits per heavy atom. The SMILES string of the molecule is CC1(C)CCCN(OC(=O)ON2CCCC(C)(C)C2(C)C)C1(C)C. The van der Waals surface area contributed by atoms with Crippen molar-refractivity contribution < 1.29 is 14.5 Å². The number of nitrogens with zero attached hydrogens (tertiary/aromatic N) is 2. The Hall–Kier alpha value is -0.810. The minimum absolute atomic E-state index is 0.0813. The molecule has 0 atom stereocenters. The summed E-state index contributed by atoms with van der Waals surface area (Å²) in [5, 5.41) is 3.61. The molecule has 2 rings (SSSR count). The molecule has 0 bridgehead atoms. The number of hydrogen-bond acceptors (Lipinski definition) is 5. The first-order valence-electron chi connectivity index (χ1n) is 9.26. The third-order valence-corrected chi connectivity index (χ3v) is 7.25. The molecule has 0 radical (unpaired) electrons. The molecule has 0 aromatic heterocycles. The van der Waals surface area contributed by atoms with Gasteiger partial charge in [0.15, 0.2) is 0 Å². The lowest BCUT2D eigenvalue weighted by Crippen LogP contribution is -2.60. The quantitative estimate of drug-likeness (QED) is 0.724. The largest absolute Gasteiger partial charge is 0.547 e. The molecule has 0 aromatic rings. The van der Waals surface area contributed by atoms with E-state index >= 15 is 0 Å². The normalized spacial score (nSPS) is 29.0. The van der Waals surface area contributed by atoms with Crippen LogP contribution in [0.2, 0.25) is 0 Å². The summed E-state index contributed by atoms with van der Waals surface area (Å²) in [5.74, 6) is 0. The molecule has 2 saturated heterocycles. The third-order valence-electron chi connectivity index (χ3n) is 7.25. The third kappa shape index (κ3) is 3.30. The van der Waals surface area contributed by atoms with Gasteiger partial charge < -0.3 is 9.68 Å². The highest BCUT2D eigenvalue weighted by molar-refractivity contribution is 5.59. The smallest absolute Gasteiger partial charge is 0.334 e. The van der Waals surface area contributed by atoms with Crippen LogP contribution in [-0.4, -0.2) is 40.4 Å². The predicted octanol–water partition coefficient (Wildman–Crippen LogP) is 4.77. The minimum Gasteiger partial charge on any atom is -0.334 e. The Labute approximate surface area is 147 Å². The lowest BCUT2D eigenvalue weighted by Gasteiger charge is -2.52. The van der Waals surface area contributed by atoms with Crippen molar-refractivity contribution in [3.05, 3.63) is 0 Å². The van der Waals surface area contributed by atoms with Crippen molar-refractivity contribution in [1.82, 2.24) is 10.1 Å². The minimum atomic E-state index is -0.619. The van der Waals surface area contributed by atoms with Crippen LogP contribution in [0, 0.1) is 10.8 Å². The van der Waals surface area contributed by atoms with Crippen LogP contribution in [0.5, 0.6) is 0 Å². The fourth-order valence-corrected chi connectivity index (χ4v) is 3.69. The number of rotatable bonds is 2. The lowest BCUT2D eigenvalue weighted by molar-refractivity contribution is -0.277. The highest BCUT2D eigenvalue weighted by Crippen LogP contribution is 2.45. The van der Waals surface area contributed by atoms with E-state index in [9.17, 15) is 4.79 Å². The van der Waals surface area contributed by atoms with Gasteiger partial charge in [-0.25, -0.2) is 0 Å². The average Bonchev–Trinajstić information content (AvgIpc) is 2.41. The molecular weight excluding hydrogens is 304 g/mol. The molecule has 0 unspecified atom stereocenters. The highest BCUT2D eigenvalue weighted by atomic mass is 16.9. The molecule has 5 nitrogen and oxygen atoms in total. The molecule has 0 amide bonds. The number of carbonyl (C=O) groups excluding carboxylic acids is 1. The zero-order chi connectivity index (χ0) is 18.4. The molecule has 0 aromatic carbocycles. The van der Waals surface area contributed by atoms with E-state index in [4.69, 9.17) is 9.68 Å². The molecule has 0 N–H and O–H groups in total. The van der Waals surface area contributed by atoms with Crippen molar-refractivity contribution in [2.24, 2.45) is 10.8 Å². The molecule has 0 saturated carbocycles. The first kappa shape index (κ1) is 19.5. The second-order valence-electron chi connectivity index (χ2n) is 9.73. The van der Waals surface area contributed by atoms with Crippen LogP contribution >= 0.6 is 0 Å². The van der Waals surface area contributed by atoms with Gasteiger partial charge in [-0.2, -0.15) is 4.79 Å².